The Morgan fingerprint density at radius 3 is 3.05 bits per heavy atom. The number of fused-ring (bicyclic) bond motifs is 1. The lowest BCUT2D eigenvalue weighted by Crippen LogP contribution is -2.13. The van der Waals surface area contributed by atoms with Gasteiger partial charge < -0.3 is 14.0 Å². The van der Waals surface area contributed by atoms with Gasteiger partial charge in [0.05, 0.1) is 6.61 Å². The summed E-state index contributed by atoms with van der Waals surface area (Å²) < 4.78 is 13.1. The van der Waals surface area contributed by atoms with Crippen molar-refractivity contribution in [1.29, 1.82) is 0 Å². The van der Waals surface area contributed by atoms with Crippen LogP contribution in [0.5, 0.6) is 5.75 Å². The summed E-state index contributed by atoms with van der Waals surface area (Å²) in [4.78, 5) is 0. The average molecular weight is 338 g/mol. The maximum absolute atomic E-state index is 6.20. The van der Waals surface area contributed by atoms with Crippen molar-refractivity contribution in [1.82, 2.24) is 14.8 Å². The standard InChI is InChI=1S/C15H16ClN3O2S/c1-19-14(9-2-3-9)17-18-15(19)22-7-11-5-12(16)4-10-6-20-8-21-13(10)11/h4-5,9H,2-3,6-8H2,1H3. The Labute approximate surface area is 138 Å². The number of aromatic nitrogens is 3. The Kier molecular flexibility index (Phi) is 3.76. The van der Waals surface area contributed by atoms with Gasteiger partial charge in [-0.3, -0.25) is 0 Å². The highest BCUT2D eigenvalue weighted by atomic mass is 35.5. The summed E-state index contributed by atoms with van der Waals surface area (Å²) in [6.45, 7) is 0.839. The predicted molar refractivity (Wildman–Crippen MR) is 84.3 cm³/mol. The summed E-state index contributed by atoms with van der Waals surface area (Å²) >= 11 is 7.85. The highest BCUT2D eigenvalue weighted by Crippen LogP contribution is 2.40. The highest BCUT2D eigenvalue weighted by molar-refractivity contribution is 7.98. The molecule has 0 atom stereocenters. The largest absolute Gasteiger partial charge is 0.467 e. The number of nitrogens with zero attached hydrogens (tertiary/aromatic N) is 3. The quantitative estimate of drug-likeness (QED) is 0.799. The maximum Gasteiger partial charge on any atom is 0.191 e. The second kappa shape index (κ2) is 5.76. The average Bonchev–Trinajstić information content (AvgIpc) is 3.29. The summed E-state index contributed by atoms with van der Waals surface area (Å²) in [5.74, 6) is 3.35. The topological polar surface area (TPSA) is 49.2 Å². The van der Waals surface area contributed by atoms with Crippen molar-refractivity contribution >= 4 is 23.4 Å². The van der Waals surface area contributed by atoms with Gasteiger partial charge in [0.25, 0.3) is 0 Å². The fraction of sp³-hybridized carbons (Fsp3) is 0.467. The van der Waals surface area contributed by atoms with Crippen LogP contribution in [0.25, 0.3) is 0 Å². The van der Waals surface area contributed by atoms with Gasteiger partial charge in [-0.15, -0.1) is 10.2 Å². The molecule has 1 aromatic carbocycles. The SMILES string of the molecule is Cn1c(SCc2cc(Cl)cc3c2OCOC3)nnc1C1CC1. The molecular formula is C15H16ClN3O2S. The van der Waals surface area contributed by atoms with Crippen molar-refractivity contribution in [3.05, 3.63) is 34.1 Å². The van der Waals surface area contributed by atoms with E-state index < -0.39 is 0 Å². The van der Waals surface area contributed by atoms with E-state index in [1.54, 1.807) is 11.8 Å². The lowest BCUT2D eigenvalue weighted by molar-refractivity contribution is -0.0168. The third-order valence-corrected chi connectivity index (χ3v) is 5.21. The van der Waals surface area contributed by atoms with Gasteiger partial charge in [0, 0.05) is 34.9 Å². The van der Waals surface area contributed by atoms with E-state index in [2.05, 4.69) is 14.8 Å². The van der Waals surface area contributed by atoms with Crippen LogP contribution in [-0.4, -0.2) is 21.6 Å². The van der Waals surface area contributed by atoms with Crippen molar-refractivity contribution in [3.8, 4) is 5.75 Å². The van der Waals surface area contributed by atoms with E-state index in [9.17, 15) is 0 Å². The summed E-state index contributed by atoms with van der Waals surface area (Å²) in [6, 6.07) is 3.86. The zero-order valence-corrected chi connectivity index (χ0v) is 13.8. The number of halogens is 1. The molecule has 0 N–H and O–H groups in total. The molecule has 0 bridgehead atoms. The third-order valence-electron chi connectivity index (χ3n) is 3.92. The molecule has 0 amide bonds. The molecular weight excluding hydrogens is 322 g/mol. The monoisotopic (exact) mass is 337 g/mol. The van der Waals surface area contributed by atoms with Crippen molar-refractivity contribution in [3.63, 3.8) is 0 Å². The van der Waals surface area contributed by atoms with Gasteiger partial charge in [-0.25, -0.2) is 0 Å². The molecule has 2 aliphatic rings. The Bertz CT molecular complexity index is 715. The van der Waals surface area contributed by atoms with E-state index in [1.807, 2.05) is 19.2 Å². The molecule has 2 heterocycles. The minimum atomic E-state index is 0.294. The highest BCUT2D eigenvalue weighted by Gasteiger charge is 2.29. The van der Waals surface area contributed by atoms with E-state index in [0.717, 1.165) is 33.6 Å². The van der Waals surface area contributed by atoms with Crippen molar-refractivity contribution < 1.29 is 9.47 Å². The number of ether oxygens (including phenoxy) is 2. The molecule has 5 nitrogen and oxygen atoms in total. The molecule has 1 fully saturated rings. The molecule has 2 aromatic rings. The van der Waals surface area contributed by atoms with Gasteiger partial charge in [-0.05, 0) is 25.0 Å². The summed E-state index contributed by atoms with van der Waals surface area (Å²) in [7, 11) is 2.04. The molecule has 0 spiro atoms. The molecule has 1 saturated carbocycles. The third kappa shape index (κ3) is 2.71. The molecule has 0 saturated heterocycles. The van der Waals surface area contributed by atoms with Crippen LogP contribution in [0.1, 0.15) is 35.7 Å². The fourth-order valence-corrected chi connectivity index (χ4v) is 3.80. The second-order valence-corrected chi connectivity index (χ2v) is 7.01. The summed E-state index contributed by atoms with van der Waals surface area (Å²) in [5.41, 5.74) is 2.08. The van der Waals surface area contributed by atoms with Gasteiger partial charge in [0.1, 0.15) is 11.6 Å². The normalized spacial score (nSPS) is 17.2. The van der Waals surface area contributed by atoms with E-state index in [4.69, 9.17) is 21.1 Å². The van der Waals surface area contributed by atoms with E-state index in [0.29, 0.717) is 24.3 Å². The molecule has 1 aromatic heterocycles. The van der Waals surface area contributed by atoms with Gasteiger partial charge in [0.2, 0.25) is 0 Å². The molecule has 22 heavy (non-hydrogen) atoms. The van der Waals surface area contributed by atoms with E-state index in [1.165, 1.54) is 12.8 Å². The minimum absolute atomic E-state index is 0.294. The number of hydrogen-bond acceptors (Lipinski definition) is 5. The summed E-state index contributed by atoms with van der Waals surface area (Å²) in [6.07, 6.45) is 2.46. The molecule has 1 aliphatic heterocycles. The Hall–Kier alpha value is -1.24. The number of thioether (sulfide) groups is 1. The van der Waals surface area contributed by atoms with Gasteiger partial charge in [-0.2, -0.15) is 0 Å². The van der Waals surface area contributed by atoms with Crippen LogP contribution in [0.2, 0.25) is 5.02 Å². The summed E-state index contributed by atoms with van der Waals surface area (Å²) in [5, 5.41) is 10.3. The number of hydrogen-bond donors (Lipinski definition) is 0. The number of rotatable bonds is 4. The van der Waals surface area contributed by atoms with Crippen LogP contribution < -0.4 is 4.74 Å². The van der Waals surface area contributed by atoms with Crippen LogP contribution >= 0.6 is 23.4 Å². The van der Waals surface area contributed by atoms with E-state index in [-0.39, 0.29) is 0 Å². The fourth-order valence-electron chi connectivity index (χ4n) is 2.66. The van der Waals surface area contributed by atoms with Crippen molar-refractivity contribution in [2.24, 2.45) is 7.05 Å². The first-order valence-electron chi connectivity index (χ1n) is 7.26. The van der Waals surface area contributed by atoms with Crippen LogP contribution in [0.15, 0.2) is 17.3 Å². The zero-order chi connectivity index (χ0) is 15.1. The van der Waals surface area contributed by atoms with Gasteiger partial charge >= 0.3 is 0 Å². The molecule has 0 radical (unpaired) electrons. The van der Waals surface area contributed by atoms with Crippen LogP contribution in [-0.2, 0) is 24.1 Å². The van der Waals surface area contributed by atoms with E-state index >= 15 is 0 Å². The maximum atomic E-state index is 6.20. The second-order valence-electron chi connectivity index (χ2n) is 5.63. The van der Waals surface area contributed by atoms with Gasteiger partial charge in [0.15, 0.2) is 11.9 Å². The first-order valence-corrected chi connectivity index (χ1v) is 8.62. The van der Waals surface area contributed by atoms with Gasteiger partial charge in [-0.1, -0.05) is 23.4 Å². The zero-order valence-electron chi connectivity index (χ0n) is 12.2. The van der Waals surface area contributed by atoms with Crippen molar-refractivity contribution in [2.45, 2.75) is 36.3 Å². The Morgan fingerprint density at radius 2 is 2.23 bits per heavy atom. The molecule has 0 unspecified atom stereocenters. The van der Waals surface area contributed by atoms with Crippen LogP contribution in [0.3, 0.4) is 0 Å². The molecule has 116 valence electrons. The smallest absolute Gasteiger partial charge is 0.191 e. The lowest BCUT2D eigenvalue weighted by Gasteiger charge is -2.20. The lowest BCUT2D eigenvalue weighted by atomic mass is 10.1. The first kappa shape index (κ1) is 14.4. The van der Waals surface area contributed by atoms with Crippen LogP contribution in [0.4, 0.5) is 0 Å². The molecule has 7 heteroatoms. The Balaban J connectivity index is 1.55. The minimum Gasteiger partial charge on any atom is -0.467 e. The Morgan fingerprint density at radius 1 is 1.36 bits per heavy atom. The first-order chi connectivity index (χ1) is 10.7. The van der Waals surface area contributed by atoms with Crippen LogP contribution in [0, 0.1) is 0 Å². The number of benzene rings is 1. The molecule has 4 rings (SSSR count). The van der Waals surface area contributed by atoms with Crippen molar-refractivity contribution in [2.75, 3.05) is 6.79 Å². The molecule has 1 aliphatic carbocycles. The predicted octanol–water partition coefficient (Wildman–Crippen LogP) is 3.50.